The van der Waals surface area contributed by atoms with E-state index in [1.807, 2.05) is 23.1 Å². The fourth-order valence-electron chi connectivity index (χ4n) is 4.80. The molecule has 1 aliphatic rings. The Labute approximate surface area is 219 Å². The fourth-order valence-corrected chi connectivity index (χ4v) is 4.80. The summed E-state index contributed by atoms with van der Waals surface area (Å²) in [6, 6.07) is 13.1. The van der Waals surface area contributed by atoms with Crippen LogP contribution in [0.4, 0.5) is 10.2 Å². The van der Waals surface area contributed by atoms with Gasteiger partial charge in [0.05, 0.1) is 16.5 Å². The van der Waals surface area contributed by atoms with Gasteiger partial charge in [-0.05, 0) is 43.2 Å². The number of nitrogens with zero attached hydrogens (tertiary/aromatic N) is 3. The third-order valence-corrected chi connectivity index (χ3v) is 6.72. The van der Waals surface area contributed by atoms with Crippen LogP contribution in [0.1, 0.15) is 41.6 Å². The van der Waals surface area contributed by atoms with Gasteiger partial charge in [-0.25, -0.2) is 14.4 Å². The van der Waals surface area contributed by atoms with E-state index in [-0.39, 0.29) is 28.8 Å². The maximum Gasteiger partial charge on any atom is 0.246 e. The van der Waals surface area contributed by atoms with Crippen LogP contribution in [0.5, 0.6) is 11.5 Å². The summed E-state index contributed by atoms with van der Waals surface area (Å²) in [6.45, 7) is 4.76. The van der Waals surface area contributed by atoms with Crippen molar-refractivity contribution in [3.63, 3.8) is 0 Å². The number of benzene rings is 2. The minimum atomic E-state index is -0.693. The van der Waals surface area contributed by atoms with E-state index in [1.165, 1.54) is 30.7 Å². The molecule has 8 nitrogen and oxygen atoms in total. The number of aromatic nitrogens is 3. The SMILES string of the molecule is C=CC(=O)N1CCCCCC1CNc1ncnc2[nH]cc(C(=O)c3ccc(Oc4ccccc4)cc3F)c12. The molecule has 0 radical (unpaired) electrons. The Morgan fingerprint density at radius 3 is 2.74 bits per heavy atom. The number of aromatic amines is 1. The van der Waals surface area contributed by atoms with Crippen LogP contribution in [-0.2, 0) is 4.79 Å². The number of amides is 1. The lowest BCUT2D eigenvalue weighted by molar-refractivity contribution is -0.127. The normalized spacial score (nSPS) is 15.6. The van der Waals surface area contributed by atoms with Crippen LogP contribution in [-0.4, -0.2) is 50.7 Å². The predicted octanol–water partition coefficient (Wildman–Crippen LogP) is 5.49. The van der Waals surface area contributed by atoms with Crippen LogP contribution in [0, 0.1) is 5.82 Å². The molecule has 2 N–H and O–H groups in total. The molecule has 1 fully saturated rings. The van der Waals surface area contributed by atoms with Crippen LogP contribution >= 0.6 is 0 Å². The molecule has 3 heterocycles. The van der Waals surface area contributed by atoms with Crippen molar-refractivity contribution in [3.05, 3.63) is 90.7 Å². The number of fused-ring (bicyclic) bond motifs is 1. The maximum atomic E-state index is 15.1. The highest BCUT2D eigenvalue weighted by Gasteiger charge is 2.25. The van der Waals surface area contributed by atoms with Crippen molar-refractivity contribution < 1.29 is 18.7 Å². The Hall–Kier alpha value is -4.53. The number of halogens is 1. The van der Waals surface area contributed by atoms with Crippen LogP contribution in [0.3, 0.4) is 0 Å². The fraction of sp³-hybridized carbons (Fsp3) is 0.241. The van der Waals surface area contributed by atoms with Crippen molar-refractivity contribution in [2.24, 2.45) is 0 Å². The summed E-state index contributed by atoms with van der Waals surface area (Å²) < 4.78 is 20.8. The van der Waals surface area contributed by atoms with Gasteiger partial charge < -0.3 is 19.9 Å². The van der Waals surface area contributed by atoms with Crippen molar-refractivity contribution in [2.45, 2.75) is 31.7 Å². The highest BCUT2D eigenvalue weighted by Crippen LogP contribution is 2.29. The average Bonchev–Trinajstić information content (AvgIpc) is 3.24. The molecule has 9 heteroatoms. The van der Waals surface area contributed by atoms with E-state index >= 15 is 4.39 Å². The number of ether oxygens (including phenoxy) is 1. The number of rotatable bonds is 8. The monoisotopic (exact) mass is 513 g/mol. The van der Waals surface area contributed by atoms with E-state index in [4.69, 9.17) is 4.74 Å². The van der Waals surface area contributed by atoms with E-state index in [1.54, 1.807) is 18.2 Å². The molecule has 0 saturated carbocycles. The quantitative estimate of drug-likeness (QED) is 0.239. The second-order valence-electron chi connectivity index (χ2n) is 9.15. The van der Waals surface area contributed by atoms with E-state index in [2.05, 4.69) is 26.8 Å². The molecule has 2 aromatic heterocycles. The summed E-state index contributed by atoms with van der Waals surface area (Å²) in [4.78, 5) is 39.3. The minimum Gasteiger partial charge on any atom is -0.457 e. The number of hydrogen-bond donors (Lipinski definition) is 2. The average molecular weight is 514 g/mol. The zero-order chi connectivity index (χ0) is 26.5. The Morgan fingerprint density at radius 1 is 1.11 bits per heavy atom. The zero-order valence-electron chi connectivity index (χ0n) is 20.8. The molecule has 0 spiro atoms. The minimum absolute atomic E-state index is 0.0410. The van der Waals surface area contributed by atoms with Gasteiger partial charge in [0.1, 0.15) is 35.1 Å². The Kier molecular flexibility index (Phi) is 7.44. The van der Waals surface area contributed by atoms with Crippen molar-refractivity contribution >= 4 is 28.5 Å². The highest BCUT2D eigenvalue weighted by molar-refractivity contribution is 6.18. The van der Waals surface area contributed by atoms with Gasteiger partial charge in [-0.15, -0.1) is 0 Å². The third-order valence-electron chi connectivity index (χ3n) is 6.72. The van der Waals surface area contributed by atoms with Gasteiger partial charge in [0, 0.05) is 31.4 Å². The molecule has 1 unspecified atom stereocenters. The molecular weight excluding hydrogens is 485 g/mol. The Morgan fingerprint density at radius 2 is 1.95 bits per heavy atom. The van der Waals surface area contributed by atoms with Gasteiger partial charge in [-0.1, -0.05) is 37.6 Å². The number of hydrogen-bond acceptors (Lipinski definition) is 6. The molecule has 1 saturated heterocycles. The predicted molar refractivity (Wildman–Crippen MR) is 143 cm³/mol. The second kappa shape index (κ2) is 11.2. The van der Waals surface area contributed by atoms with E-state index in [0.29, 0.717) is 35.7 Å². The van der Waals surface area contributed by atoms with Gasteiger partial charge in [-0.2, -0.15) is 0 Å². The Balaban J connectivity index is 1.39. The number of carbonyl (C=O) groups excluding carboxylic acids is 2. The molecule has 38 heavy (non-hydrogen) atoms. The van der Waals surface area contributed by atoms with Crippen molar-refractivity contribution in [2.75, 3.05) is 18.4 Å². The molecular formula is C29H28FN5O3. The van der Waals surface area contributed by atoms with Crippen LogP contribution in [0.2, 0.25) is 0 Å². The van der Waals surface area contributed by atoms with Gasteiger partial charge in [-0.3, -0.25) is 9.59 Å². The van der Waals surface area contributed by atoms with Crippen LogP contribution in [0.25, 0.3) is 11.0 Å². The second-order valence-corrected chi connectivity index (χ2v) is 9.15. The smallest absolute Gasteiger partial charge is 0.246 e. The molecule has 1 atom stereocenters. The third kappa shape index (κ3) is 5.27. The van der Waals surface area contributed by atoms with Crippen molar-refractivity contribution in [1.82, 2.24) is 19.9 Å². The number of anilines is 1. The molecule has 1 amide bonds. The molecule has 5 rings (SSSR count). The van der Waals surface area contributed by atoms with Crippen LogP contribution in [0.15, 0.2) is 73.7 Å². The first-order valence-corrected chi connectivity index (χ1v) is 12.6. The van der Waals surface area contributed by atoms with E-state index in [9.17, 15) is 9.59 Å². The molecule has 194 valence electrons. The molecule has 0 aliphatic carbocycles. The van der Waals surface area contributed by atoms with E-state index < -0.39 is 11.6 Å². The van der Waals surface area contributed by atoms with Crippen LogP contribution < -0.4 is 10.1 Å². The summed E-state index contributed by atoms with van der Waals surface area (Å²) in [5.41, 5.74) is 0.612. The summed E-state index contributed by atoms with van der Waals surface area (Å²) in [7, 11) is 0. The number of carbonyl (C=O) groups is 2. The Bertz CT molecular complexity index is 1470. The number of ketones is 1. The lowest BCUT2D eigenvalue weighted by Gasteiger charge is -2.29. The van der Waals surface area contributed by atoms with E-state index in [0.717, 1.165) is 25.7 Å². The van der Waals surface area contributed by atoms with Crippen molar-refractivity contribution in [1.29, 1.82) is 0 Å². The first-order valence-electron chi connectivity index (χ1n) is 12.6. The molecule has 2 aromatic carbocycles. The molecule has 4 aromatic rings. The van der Waals surface area contributed by atoms with Gasteiger partial charge >= 0.3 is 0 Å². The molecule has 0 bridgehead atoms. The lowest BCUT2D eigenvalue weighted by Crippen LogP contribution is -2.43. The first kappa shape index (κ1) is 25.1. The van der Waals surface area contributed by atoms with Gasteiger partial charge in [0.25, 0.3) is 0 Å². The summed E-state index contributed by atoms with van der Waals surface area (Å²) in [5.74, 6) is 0.00449. The number of para-hydroxylation sites is 1. The number of nitrogens with one attached hydrogen (secondary N) is 2. The number of H-pyrrole nitrogens is 1. The van der Waals surface area contributed by atoms with Crippen molar-refractivity contribution in [3.8, 4) is 11.5 Å². The zero-order valence-corrected chi connectivity index (χ0v) is 20.8. The lowest BCUT2D eigenvalue weighted by atomic mass is 10.0. The number of likely N-dealkylation sites (tertiary alicyclic amines) is 1. The first-order chi connectivity index (χ1) is 18.5. The summed E-state index contributed by atoms with van der Waals surface area (Å²) >= 11 is 0. The molecule has 1 aliphatic heterocycles. The highest BCUT2D eigenvalue weighted by atomic mass is 19.1. The van der Waals surface area contributed by atoms with Gasteiger partial charge in [0.15, 0.2) is 5.78 Å². The standard InChI is InChI=1S/C29H28FN5O3/c1-2-25(36)35-14-8-4-5-9-19(35)16-31-28-26-23(17-32-29(26)34-18-33-28)27(37)22-13-12-21(15-24(22)30)38-20-10-6-3-7-11-20/h2-3,6-7,10-13,15,17-19H,1,4-5,8-9,14,16H2,(H2,31,32,33,34). The topological polar surface area (TPSA) is 100 Å². The largest absolute Gasteiger partial charge is 0.457 e. The summed E-state index contributed by atoms with van der Waals surface area (Å²) in [5, 5.41) is 3.78. The maximum absolute atomic E-state index is 15.1. The van der Waals surface area contributed by atoms with Gasteiger partial charge in [0.2, 0.25) is 5.91 Å². The summed E-state index contributed by atoms with van der Waals surface area (Å²) in [6.07, 6.45) is 8.13.